The normalized spacial score (nSPS) is 15.1. The number of nitrogens with zero attached hydrogens (tertiary/aromatic N) is 2. The van der Waals surface area contributed by atoms with Crippen LogP contribution < -0.4 is 5.32 Å². The topological polar surface area (TPSA) is 58.0 Å². The van der Waals surface area contributed by atoms with Crippen LogP contribution in [-0.4, -0.2) is 39.0 Å². The van der Waals surface area contributed by atoms with Crippen LogP contribution in [0, 0.1) is 0 Å². The van der Waals surface area contributed by atoms with Gasteiger partial charge in [0.25, 0.3) is 0 Å². The molecule has 5 heteroatoms. The lowest BCUT2D eigenvalue weighted by atomic mass is 10.1. The maximum absolute atomic E-state index is 9.40. The Kier molecular flexibility index (Phi) is 5.18. The number of nitrogens with one attached hydrogen (secondary N) is 1. The van der Waals surface area contributed by atoms with Crippen molar-refractivity contribution in [2.24, 2.45) is 0 Å². The molecule has 1 aromatic rings. The van der Waals surface area contributed by atoms with Crippen LogP contribution in [-0.2, 0) is 0 Å². The molecular weight excluding hydrogens is 222 g/mol. The molecule has 0 saturated heterocycles. The maximum Gasteiger partial charge on any atom is 0.114 e. The molecule has 0 fully saturated rings. The first kappa shape index (κ1) is 13.4. The first-order valence-electron chi connectivity index (χ1n) is 5.33. The molecule has 0 amide bonds. The number of hydrogen-bond acceptors (Lipinski definition) is 5. The molecule has 1 heterocycles. The second-order valence-corrected chi connectivity index (χ2v) is 5.35. The lowest BCUT2D eigenvalue weighted by molar-refractivity contribution is 0.183. The molecule has 0 aliphatic rings. The van der Waals surface area contributed by atoms with Crippen molar-refractivity contribution in [2.45, 2.75) is 37.4 Å². The zero-order chi connectivity index (χ0) is 12.0. The number of aromatic nitrogens is 2. The SMILES string of the molecule is CC(C)NC(C)(CO)CSc1cnccn1. The number of aliphatic hydroxyl groups excluding tert-OH is 1. The molecule has 0 bridgehead atoms. The molecule has 0 aromatic carbocycles. The molecule has 90 valence electrons. The van der Waals surface area contributed by atoms with E-state index in [0.717, 1.165) is 10.8 Å². The van der Waals surface area contributed by atoms with Crippen LogP contribution in [0.5, 0.6) is 0 Å². The zero-order valence-electron chi connectivity index (χ0n) is 9.97. The Labute approximate surface area is 101 Å². The second-order valence-electron chi connectivity index (χ2n) is 4.35. The van der Waals surface area contributed by atoms with E-state index in [1.807, 2.05) is 6.92 Å². The van der Waals surface area contributed by atoms with Crippen molar-refractivity contribution in [3.05, 3.63) is 18.6 Å². The van der Waals surface area contributed by atoms with Gasteiger partial charge in [0, 0.05) is 29.7 Å². The third-order valence-corrected chi connectivity index (χ3v) is 3.35. The first-order chi connectivity index (χ1) is 7.56. The molecule has 1 atom stereocenters. The molecule has 2 N–H and O–H groups in total. The van der Waals surface area contributed by atoms with Crippen LogP contribution >= 0.6 is 11.8 Å². The summed E-state index contributed by atoms with van der Waals surface area (Å²) in [5.74, 6) is 0.764. The maximum atomic E-state index is 9.40. The number of thioether (sulfide) groups is 1. The quantitative estimate of drug-likeness (QED) is 0.736. The van der Waals surface area contributed by atoms with Crippen molar-refractivity contribution in [2.75, 3.05) is 12.4 Å². The fraction of sp³-hybridized carbons (Fsp3) is 0.636. The van der Waals surface area contributed by atoms with Crippen LogP contribution in [0.3, 0.4) is 0 Å². The van der Waals surface area contributed by atoms with Gasteiger partial charge in [-0.15, -0.1) is 11.8 Å². The van der Waals surface area contributed by atoms with Crippen molar-refractivity contribution < 1.29 is 5.11 Å². The van der Waals surface area contributed by atoms with Crippen molar-refractivity contribution in [3.8, 4) is 0 Å². The van der Waals surface area contributed by atoms with E-state index in [1.165, 1.54) is 0 Å². The van der Waals surface area contributed by atoms with Gasteiger partial charge in [-0.05, 0) is 6.92 Å². The standard InChI is InChI=1S/C11H19N3OS/c1-9(2)14-11(3,7-15)8-16-10-6-12-4-5-13-10/h4-6,9,14-15H,7-8H2,1-3H3. The molecule has 0 aliphatic heterocycles. The second kappa shape index (κ2) is 6.18. The number of hydrogen-bond donors (Lipinski definition) is 2. The molecule has 1 unspecified atom stereocenters. The van der Waals surface area contributed by atoms with E-state index in [2.05, 4.69) is 29.1 Å². The summed E-state index contributed by atoms with van der Waals surface area (Å²) in [6, 6.07) is 0.347. The van der Waals surface area contributed by atoms with Gasteiger partial charge in [0.1, 0.15) is 5.03 Å². The molecule has 0 radical (unpaired) electrons. The van der Waals surface area contributed by atoms with Crippen molar-refractivity contribution in [1.82, 2.24) is 15.3 Å². The molecular formula is C11H19N3OS. The Hall–Kier alpha value is -0.650. The van der Waals surface area contributed by atoms with E-state index in [-0.39, 0.29) is 12.1 Å². The highest BCUT2D eigenvalue weighted by atomic mass is 32.2. The average molecular weight is 241 g/mol. The Bertz CT molecular complexity index is 307. The predicted molar refractivity (Wildman–Crippen MR) is 66.5 cm³/mol. The molecule has 4 nitrogen and oxygen atoms in total. The Morgan fingerprint density at radius 2 is 2.25 bits per heavy atom. The fourth-order valence-electron chi connectivity index (χ4n) is 1.42. The summed E-state index contributed by atoms with van der Waals surface area (Å²) in [6.45, 7) is 6.26. The smallest absolute Gasteiger partial charge is 0.114 e. The van der Waals surface area contributed by atoms with Gasteiger partial charge < -0.3 is 10.4 Å². The van der Waals surface area contributed by atoms with Crippen LogP contribution in [0.4, 0.5) is 0 Å². The Morgan fingerprint density at radius 1 is 1.50 bits per heavy atom. The molecule has 0 saturated carbocycles. The molecule has 1 aromatic heterocycles. The summed E-state index contributed by atoms with van der Waals surface area (Å²) in [5, 5.41) is 13.6. The summed E-state index contributed by atoms with van der Waals surface area (Å²) in [4.78, 5) is 8.19. The zero-order valence-corrected chi connectivity index (χ0v) is 10.8. The van der Waals surface area contributed by atoms with Crippen molar-refractivity contribution in [1.29, 1.82) is 0 Å². The van der Waals surface area contributed by atoms with Crippen LogP contribution in [0.2, 0.25) is 0 Å². The highest BCUT2D eigenvalue weighted by Crippen LogP contribution is 2.20. The molecule has 16 heavy (non-hydrogen) atoms. The minimum absolute atomic E-state index is 0.110. The third-order valence-electron chi connectivity index (χ3n) is 2.06. The first-order valence-corrected chi connectivity index (χ1v) is 6.32. The average Bonchev–Trinajstić information content (AvgIpc) is 2.27. The highest BCUT2D eigenvalue weighted by Gasteiger charge is 2.24. The van der Waals surface area contributed by atoms with Gasteiger partial charge >= 0.3 is 0 Å². The van der Waals surface area contributed by atoms with Crippen LogP contribution in [0.15, 0.2) is 23.6 Å². The summed E-state index contributed by atoms with van der Waals surface area (Å²) in [5.41, 5.74) is -0.281. The van der Waals surface area contributed by atoms with E-state index in [4.69, 9.17) is 0 Å². The van der Waals surface area contributed by atoms with Gasteiger partial charge in [0.05, 0.1) is 12.8 Å². The Morgan fingerprint density at radius 3 is 2.75 bits per heavy atom. The Balaban J connectivity index is 2.51. The van der Waals surface area contributed by atoms with E-state index in [9.17, 15) is 5.11 Å². The number of aliphatic hydroxyl groups is 1. The molecule has 0 aliphatic carbocycles. The lowest BCUT2D eigenvalue weighted by Crippen LogP contribution is -2.51. The third kappa shape index (κ3) is 4.47. The van der Waals surface area contributed by atoms with Gasteiger partial charge in [-0.1, -0.05) is 13.8 Å². The van der Waals surface area contributed by atoms with E-state index < -0.39 is 0 Å². The minimum atomic E-state index is -0.281. The highest BCUT2D eigenvalue weighted by molar-refractivity contribution is 7.99. The van der Waals surface area contributed by atoms with Crippen molar-refractivity contribution in [3.63, 3.8) is 0 Å². The van der Waals surface area contributed by atoms with Gasteiger partial charge in [-0.25, -0.2) is 4.98 Å². The van der Waals surface area contributed by atoms with Crippen LogP contribution in [0.1, 0.15) is 20.8 Å². The summed E-state index contributed by atoms with van der Waals surface area (Å²) in [6.07, 6.45) is 5.06. The van der Waals surface area contributed by atoms with E-state index >= 15 is 0 Å². The number of rotatable bonds is 6. The van der Waals surface area contributed by atoms with Gasteiger partial charge in [-0.2, -0.15) is 0 Å². The van der Waals surface area contributed by atoms with Crippen molar-refractivity contribution >= 4 is 11.8 Å². The molecule has 1 rings (SSSR count). The monoisotopic (exact) mass is 241 g/mol. The summed E-state index contributed by atoms with van der Waals surface area (Å²) >= 11 is 1.60. The van der Waals surface area contributed by atoms with E-state index in [1.54, 1.807) is 30.4 Å². The van der Waals surface area contributed by atoms with E-state index in [0.29, 0.717) is 6.04 Å². The minimum Gasteiger partial charge on any atom is -0.394 e. The van der Waals surface area contributed by atoms with Gasteiger partial charge in [-0.3, -0.25) is 4.98 Å². The fourth-order valence-corrected chi connectivity index (χ4v) is 2.33. The largest absolute Gasteiger partial charge is 0.394 e. The lowest BCUT2D eigenvalue weighted by Gasteiger charge is -2.30. The predicted octanol–water partition coefficient (Wildman–Crippen LogP) is 1.32. The van der Waals surface area contributed by atoms with Crippen LogP contribution in [0.25, 0.3) is 0 Å². The van der Waals surface area contributed by atoms with Gasteiger partial charge in [0.15, 0.2) is 0 Å². The summed E-state index contributed by atoms with van der Waals surface area (Å²) in [7, 11) is 0. The molecule has 0 spiro atoms. The summed E-state index contributed by atoms with van der Waals surface area (Å²) < 4.78 is 0. The van der Waals surface area contributed by atoms with Gasteiger partial charge in [0.2, 0.25) is 0 Å².